The second kappa shape index (κ2) is 7.87. The van der Waals surface area contributed by atoms with Gasteiger partial charge in [0.2, 0.25) is 11.9 Å². The molecule has 0 unspecified atom stereocenters. The van der Waals surface area contributed by atoms with Gasteiger partial charge in [-0.3, -0.25) is 5.43 Å². The number of carbonyl (C=O) groups is 1. The highest BCUT2D eigenvalue weighted by Gasteiger charge is 2.11. The van der Waals surface area contributed by atoms with Gasteiger partial charge in [0.1, 0.15) is 5.69 Å². The Kier molecular flexibility index (Phi) is 5.17. The van der Waals surface area contributed by atoms with Crippen molar-refractivity contribution in [1.29, 1.82) is 0 Å². The Bertz CT molecular complexity index is 985. The van der Waals surface area contributed by atoms with E-state index in [1.807, 2.05) is 0 Å². The third-order valence-electron chi connectivity index (χ3n) is 3.48. The van der Waals surface area contributed by atoms with Crippen molar-refractivity contribution in [2.45, 2.75) is 0 Å². The highest BCUT2D eigenvalue weighted by atomic mass is 16.5. The predicted molar refractivity (Wildman–Crippen MR) is 100 cm³/mol. The molecule has 10 nitrogen and oxygen atoms in total. The number of methoxy groups -OCH3 is 1. The fraction of sp³-hybridized carbons (Fsp3) is 0.0588. The summed E-state index contributed by atoms with van der Waals surface area (Å²) in [6, 6.07) is 13.8. The van der Waals surface area contributed by atoms with Gasteiger partial charge in [0.25, 0.3) is 0 Å². The van der Waals surface area contributed by atoms with E-state index >= 15 is 0 Å². The SMILES string of the molecule is COC(=O)c1ccccc1N=NNc1ccccc1-c1nc(N)nc(N)n1. The minimum atomic E-state index is -0.499. The molecule has 1 aromatic heterocycles. The molecule has 0 saturated heterocycles. The van der Waals surface area contributed by atoms with E-state index in [1.165, 1.54) is 7.11 Å². The summed E-state index contributed by atoms with van der Waals surface area (Å²) >= 11 is 0. The van der Waals surface area contributed by atoms with Crippen LogP contribution in [0.4, 0.5) is 23.3 Å². The number of benzene rings is 2. The van der Waals surface area contributed by atoms with E-state index in [9.17, 15) is 4.79 Å². The van der Waals surface area contributed by atoms with Crippen molar-refractivity contribution in [3.05, 3.63) is 54.1 Å². The average Bonchev–Trinajstić information content (AvgIpc) is 2.67. The topological polar surface area (TPSA) is 154 Å². The summed E-state index contributed by atoms with van der Waals surface area (Å²) < 4.78 is 4.73. The Morgan fingerprint density at radius 2 is 1.67 bits per heavy atom. The fourth-order valence-corrected chi connectivity index (χ4v) is 2.28. The number of carbonyl (C=O) groups excluding carboxylic acids is 1. The molecule has 0 aliphatic carbocycles. The molecular formula is C17H16N8O2. The molecular weight excluding hydrogens is 348 g/mol. The van der Waals surface area contributed by atoms with Crippen molar-refractivity contribution in [3.63, 3.8) is 0 Å². The fourth-order valence-electron chi connectivity index (χ4n) is 2.28. The number of para-hydroxylation sites is 1. The molecule has 0 aliphatic rings. The highest BCUT2D eigenvalue weighted by molar-refractivity contribution is 5.94. The number of rotatable bonds is 5. The van der Waals surface area contributed by atoms with E-state index in [0.717, 1.165) is 0 Å². The monoisotopic (exact) mass is 364 g/mol. The third-order valence-corrected chi connectivity index (χ3v) is 3.48. The van der Waals surface area contributed by atoms with Gasteiger partial charge in [-0.25, -0.2) is 4.79 Å². The number of anilines is 3. The van der Waals surface area contributed by atoms with E-state index in [0.29, 0.717) is 28.3 Å². The lowest BCUT2D eigenvalue weighted by molar-refractivity contribution is 0.0601. The summed E-state index contributed by atoms with van der Waals surface area (Å²) in [4.78, 5) is 23.7. The number of nitrogen functional groups attached to an aromatic ring is 2. The lowest BCUT2D eigenvalue weighted by Gasteiger charge is -2.08. The average molecular weight is 364 g/mol. The number of aromatic nitrogens is 3. The van der Waals surface area contributed by atoms with E-state index in [4.69, 9.17) is 16.2 Å². The molecule has 10 heteroatoms. The molecule has 0 atom stereocenters. The van der Waals surface area contributed by atoms with Crippen molar-refractivity contribution < 1.29 is 9.53 Å². The quantitative estimate of drug-likeness (QED) is 0.354. The predicted octanol–water partition coefficient (Wildman–Crippen LogP) is 2.60. The third kappa shape index (κ3) is 4.12. The van der Waals surface area contributed by atoms with Crippen molar-refractivity contribution in [3.8, 4) is 11.4 Å². The normalized spacial score (nSPS) is 10.7. The minimum absolute atomic E-state index is 0.0148. The number of ether oxygens (including phenoxy) is 1. The van der Waals surface area contributed by atoms with Crippen LogP contribution in [-0.4, -0.2) is 28.0 Å². The van der Waals surface area contributed by atoms with E-state index in [2.05, 4.69) is 30.7 Å². The number of nitrogens with one attached hydrogen (secondary N) is 1. The van der Waals surface area contributed by atoms with Crippen LogP contribution in [0.25, 0.3) is 11.4 Å². The number of nitrogens with zero attached hydrogens (tertiary/aromatic N) is 5. The summed E-state index contributed by atoms with van der Waals surface area (Å²) in [5.41, 5.74) is 15.9. The summed E-state index contributed by atoms with van der Waals surface area (Å²) in [5.74, 6) is -0.170. The maximum atomic E-state index is 11.8. The van der Waals surface area contributed by atoms with Gasteiger partial charge in [0, 0.05) is 5.56 Å². The van der Waals surface area contributed by atoms with Gasteiger partial charge in [-0.2, -0.15) is 15.0 Å². The van der Waals surface area contributed by atoms with Crippen LogP contribution in [-0.2, 0) is 4.74 Å². The van der Waals surface area contributed by atoms with Crippen LogP contribution < -0.4 is 16.9 Å². The van der Waals surface area contributed by atoms with Crippen LogP contribution in [0.2, 0.25) is 0 Å². The second-order valence-electron chi connectivity index (χ2n) is 5.24. The number of esters is 1. The first-order valence-electron chi connectivity index (χ1n) is 7.79. The number of hydrogen-bond donors (Lipinski definition) is 3. The van der Waals surface area contributed by atoms with Crippen molar-refractivity contribution in [2.24, 2.45) is 10.3 Å². The maximum Gasteiger partial charge on any atom is 0.340 e. The second-order valence-corrected chi connectivity index (χ2v) is 5.24. The molecule has 3 rings (SSSR count). The molecule has 0 fully saturated rings. The molecule has 0 amide bonds. The van der Waals surface area contributed by atoms with Crippen molar-refractivity contribution >= 4 is 29.2 Å². The van der Waals surface area contributed by atoms with Crippen molar-refractivity contribution in [1.82, 2.24) is 15.0 Å². The number of nitrogens with two attached hydrogens (primary N) is 2. The molecule has 2 aromatic carbocycles. The van der Waals surface area contributed by atoms with Gasteiger partial charge < -0.3 is 16.2 Å². The van der Waals surface area contributed by atoms with Crippen LogP contribution in [0.1, 0.15) is 10.4 Å². The zero-order valence-corrected chi connectivity index (χ0v) is 14.3. The minimum Gasteiger partial charge on any atom is -0.465 e. The van der Waals surface area contributed by atoms with E-state index in [-0.39, 0.29) is 11.9 Å². The van der Waals surface area contributed by atoms with Crippen LogP contribution in [0.15, 0.2) is 58.9 Å². The Labute approximate surface area is 154 Å². The molecule has 0 radical (unpaired) electrons. The molecule has 5 N–H and O–H groups in total. The highest BCUT2D eigenvalue weighted by Crippen LogP contribution is 2.26. The van der Waals surface area contributed by atoms with Gasteiger partial charge in [-0.15, -0.1) is 5.11 Å². The molecule has 27 heavy (non-hydrogen) atoms. The summed E-state index contributed by atoms with van der Waals surface area (Å²) in [6.07, 6.45) is 0. The molecule has 0 spiro atoms. The van der Waals surface area contributed by atoms with Gasteiger partial charge in [0.15, 0.2) is 5.82 Å². The van der Waals surface area contributed by atoms with Gasteiger partial charge in [0.05, 0.1) is 18.4 Å². The van der Waals surface area contributed by atoms with Crippen molar-refractivity contribution in [2.75, 3.05) is 24.0 Å². The zero-order valence-electron chi connectivity index (χ0n) is 14.3. The first kappa shape index (κ1) is 17.7. The van der Waals surface area contributed by atoms with Crippen LogP contribution >= 0.6 is 0 Å². The smallest absolute Gasteiger partial charge is 0.340 e. The molecule has 0 aliphatic heterocycles. The number of hydrogen-bond acceptors (Lipinski definition) is 9. The lowest BCUT2D eigenvalue weighted by Crippen LogP contribution is -2.05. The zero-order chi connectivity index (χ0) is 19.2. The summed E-state index contributed by atoms with van der Waals surface area (Å²) in [6.45, 7) is 0. The molecule has 3 aromatic rings. The molecule has 0 bridgehead atoms. The van der Waals surface area contributed by atoms with E-state index in [1.54, 1.807) is 48.5 Å². The van der Waals surface area contributed by atoms with Gasteiger partial charge in [-0.1, -0.05) is 29.5 Å². The Hall–Kier alpha value is -4.08. The summed E-state index contributed by atoms with van der Waals surface area (Å²) in [5, 5.41) is 8.00. The van der Waals surface area contributed by atoms with Gasteiger partial charge in [-0.05, 0) is 24.3 Å². The molecule has 1 heterocycles. The van der Waals surface area contributed by atoms with Crippen LogP contribution in [0.3, 0.4) is 0 Å². The van der Waals surface area contributed by atoms with Gasteiger partial charge >= 0.3 is 5.97 Å². The Morgan fingerprint density at radius 3 is 2.41 bits per heavy atom. The standard InChI is InChI=1S/C17H16N8O2/c1-27-15(26)11-7-3-5-9-13(11)24-25-23-12-8-4-2-6-10(12)14-20-16(18)22-17(19)21-14/h2-9H,1H3,(H,23,24)(H4,18,19,20,21,22). The first-order valence-corrected chi connectivity index (χ1v) is 7.79. The Morgan fingerprint density at radius 1 is 1.00 bits per heavy atom. The largest absolute Gasteiger partial charge is 0.465 e. The van der Waals surface area contributed by atoms with Crippen LogP contribution in [0.5, 0.6) is 0 Å². The molecule has 136 valence electrons. The Balaban J connectivity index is 1.88. The first-order chi connectivity index (χ1) is 13.1. The van der Waals surface area contributed by atoms with Crippen LogP contribution in [0, 0.1) is 0 Å². The lowest BCUT2D eigenvalue weighted by atomic mass is 10.1. The maximum absolute atomic E-state index is 11.8. The van der Waals surface area contributed by atoms with E-state index < -0.39 is 5.97 Å². The molecule has 0 saturated carbocycles. The summed E-state index contributed by atoms with van der Waals surface area (Å²) in [7, 11) is 1.30.